The Morgan fingerprint density at radius 3 is 1.46 bits per heavy atom. The van der Waals surface area contributed by atoms with Crippen molar-refractivity contribution >= 4 is 47.5 Å². The quantitative estimate of drug-likeness (QED) is 0.0955. The lowest BCUT2D eigenvalue weighted by atomic mass is 9.84. The molecule has 2 saturated carbocycles. The Morgan fingerprint density at radius 2 is 1.06 bits per heavy atom. The summed E-state index contributed by atoms with van der Waals surface area (Å²) in [7, 11) is 2.67. The highest BCUT2D eigenvalue weighted by Gasteiger charge is 2.49. The summed E-state index contributed by atoms with van der Waals surface area (Å²) in [6.07, 6.45) is 21.2. The minimum atomic E-state index is -0.684. The monoisotopic (exact) mass is 964 g/mol. The number of likely N-dealkylation sites (tertiary alicyclic amines) is 2. The van der Waals surface area contributed by atoms with Gasteiger partial charge in [-0.3, -0.25) is 9.59 Å². The van der Waals surface area contributed by atoms with Crippen molar-refractivity contribution in [2.75, 3.05) is 38.2 Å². The molecular formula is C52H68N8O6S2. The van der Waals surface area contributed by atoms with Crippen LogP contribution in [0.1, 0.15) is 123 Å². The third kappa shape index (κ3) is 10.2. The minimum absolute atomic E-state index is 0.0645. The number of aryl methyl sites for hydroxylation is 4. The van der Waals surface area contributed by atoms with Gasteiger partial charge in [-0.25, -0.2) is 19.6 Å². The van der Waals surface area contributed by atoms with E-state index in [1.54, 1.807) is 23.5 Å². The van der Waals surface area contributed by atoms with Crippen LogP contribution in [0.4, 0.5) is 9.59 Å². The predicted molar refractivity (Wildman–Crippen MR) is 267 cm³/mol. The number of carbonyl (C=O) groups is 4. The molecule has 4 N–H and O–H groups in total. The number of amides is 4. The average molecular weight is 965 g/mol. The Balaban J connectivity index is 1.06. The van der Waals surface area contributed by atoms with Crippen molar-refractivity contribution in [1.82, 2.24) is 40.4 Å². The SMILES string of the molecule is COC(=O)NC(CCSC)C(=O)N1C(c2ncc(-c3cc4c(-c5cnc(C6CC7CCCCC7N6C(=O)C(CCSC)NC(=O)OC)[nH]5)cc3CCc3ccc(cc3)CC4)[nH]2)CC2CCCCC21. The second-order valence-electron chi connectivity index (χ2n) is 19.5. The van der Waals surface area contributed by atoms with Crippen LogP contribution in [0.5, 0.6) is 0 Å². The second-order valence-corrected chi connectivity index (χ2v) is 21.5. The van der Waals surface area contributed by atoms with Crippen LogP contribution in [0.15, 0.2) is 48.8 Å². The molecule has 6 aliphatic carbocycles. The predicted octanol–water partition coefficient (Wildman–Crippen LogP) is 8.97. The molecule has 0 spiro atoms. The zero-order valence-electron chi connectivity index (χ0n) is 40.0. The highest BCUT2D eigenvalue weighted by Crippen LogP contribution is 2.48. The lowest BCUT2D eigenvalue weighted by molar-refractivity contribution is -0.138. The maximum Gasteiger partial charge on any atom is 0.407 e. The molecule has 8 aliphatic rings. The maximum absolute atomic E-state index is 14.6. The van der Waals surface area contributed by atoms with E-state index in [2.05, 4.69) is 66.8 Å². The minimum Gasteiger partial charge on any atom is -0.453 e. The number of H-pyrrole nitrogens is 2. The molecule has 2 aromatic carbocycles. The molecule has 4 aromatic rings. The van der Waals surface area contributed by atoms with E-state index in [0.29, 0.717) is 24.7 Å². The molecule has 4 bridgehead atoms. The molecule has 2 saturated heterocycles. The normalized spacial score (nSPS) is 24.1. The fourth-order valence-corrected chi connectivity index (χ4v) is 13.1. The summed E-state index contributed by atoms with van der Waals surface area (Å²) in [5.41, 5.74) is 8.97. The first-order chi connectivity index (χ1) is 33.2. The maximum atomic E-state index is 14.6. The summed E-state index contributed by atoms with van der Waals surface area (Å²) >= 11 is 3.31. The Morgan fingerprint density at radius 1 is 0.647 bits per heavy atom. The van der Waals surface area contributed by atoms with Crippen LogP contribution in [0.2, 0.25) is 0 Å². The van der Waals surface area contributed by atoms with E-state index in [1.165, 1.54) is 36.5 Å². The van der Waals surface area contributed by atoms with Gasteiger partial charge in [0.25, 0.3) is 0 Å². The number of nitrogens with zero attached hydrogens (tertiary/aromatic N) is 4. The van der Waals surface area contributed by atoms with Crippen molar-refractivity contribution in [3.05, 3.63) is 82.7 Å². The summed E-state index contributed by atoms with van der Waals surface area (Å²) < 4.78 is 9.94. The number of methoxy groups -OCH3 is 2. The van der Waals surface area contributed by atoms with Crippen molar-refractivity contribution in [3.63, 3.8) is 0 Å². The van der Waals surface area contributed by atoms with Gasteiger partial charge in [0.15, 0.2) is 0 Å². The summed E-state index contributed by atoms with van der Waals surface area (Å²) in [6.45, 7) is 0. The number of benzene rings is 2. The molecule has 4 amide bonds. The lowest BCUT2D eigenvalue weighted by Crippen LogP contribution is -2.52. The Labute approximate surface area is 409 Å². The summed E-state index contributed by atoms with van der Waals surface area (Å²) in [4.78, 5) is 76.1. The van der Waals surface area contributed by atoms with E-state index in [4.69, 9.17) is 19.4 Å². The largest absolute Gasteiger partial charge is 0.453 e. The number of imidazole rings is 2. The Kier molecular flexibility index (Phi) is 15.4. The number of nitrogens with one attached hydrogen (secondary N) is 4. The number of hydrogen-bond donors (Lipinski definition) is 4. The number of ether oxygens (including phenoxy) is 2. The van der Waals surface area contributed by atoms with Crippen LogP contribution >= 0.6 is 23.5 Å². The Bertz CT molecular complexity index is 2260. The number of fused-ring (bicyclic) bond motifs is 2. The zero-order chi connectivity index (χ0) is 47.3. The first-order valence-corrected chi connectivity index (χ1v) is 27.6. The molecule has 0 radical (unpaired) electrons. The van der Waals surface area contributed by atoms with Gasteiger partial charge in [-0.1, -0.05) is 49.9 Å². The van der Waals surface area contributed by atoms with Gasteiger partial charge in [0.2, 0.25) is 11.8 Å². The van der Waals surface area contributed by atoms with Gasteiger partial charge < -0.3 is 39.9 Å². The van der Waals surface area contributed by atoms with Crippen molar-refractivity contribution in [2.45, 2.75) is 139 Å². The van der Waals surface area contributed by atoms with E-state index < -0.39 is 24.3 Å². The third-order valence-corrected chi connectivity index (χ3v) is 16.9. The third-order valence-electron chi connectivity index (χ3n) is 15.6. The van der Waals surface area contributed by atoms with Gasteiger partial charge >= 0.3 is 12.2 Å². The van der Waals surface area contributed by atoms with Crippen LogP contribution in [-0.4, -0.2) is 116 Å². The highest BCUT2D eigenvalue weighted by atomic mass is 32.2. The molecule has 4 heterocycles. The first-order valence-electron chi connectivity index (χ1n) is 24.8. The van der Waals surface area contributed by atoms with Gasteiger partial charge in [-0.15, -0.1) is 0 Å². The number of aromatic nitrogens is 4. The molecule has 68 heavy (non-hydrogen) atoms. The van der Waals surface area contributed by atoms with E-state index >= 15 is 0 Å². The topological polar surface area (TPSA) is 175 Å². The molecule has 2 aliphatic heterocycles. The number of thioether (sulfide) groups is 2. The average Bonchev–Trinajstić information content (AvgIpc) is 4.19. The molecule has 4 fully saturated rings. The number of aromatic amines is 2. The number of rotatable bonds is 14. The molecule has 14 nitrogen and oxygen atoms in total. The summed E-state index contributed by atoms with van der Waals surface area (Å²) in [6, 6.07) is 12.0. The van der Waals surface area contributed by atoms with Crippen LogP contribution in [0, 0.1) is 11.8 Å². The van der Waals surface area contributed by atoms with Gasteiger partial charge in [0.05, 0.1) is 50.1 Å². The molecule has 8 unspecified atom stereocenters. The van der Waals surface area contributed by atoms with Crippen LogP contribution in [-0.2, 0) is 44.7 Å². The van der Waals surface area contributed by atoms with E-state index in [0.717, 1.165) is 136 Å². The van der Waals surface area contributed by atoms with Gasteiger partial charge in [0, 0.05) is 23.2 Å². The van der Waals surface area contributed by atoms with Gasteiger partial charge in [-0.05, 0) is 147 Å². The van der Waals surface area contributed by atoms with Crippen molar-refractivity contribution in [1.29, 1.82) is 0 Å². The van der Waals surface area contributed by atoms with E-state index in [9.17, 15) is 19.2 Å². The zero-order valence-corrected chi connectivity index (χ0v) is 41.7. The second kappa shape index (κ2) is 21.8. The fourth-order valence-electron chi connectivity index (χ4n) is 12.1. The summed E-state index contributed by atoms with van der Waals surface area (Å²) in [5, 5.41) is 5.73. The molecular weight excluding hydrogens is 897 g/mol. The molecule has 8 atom stereocenters. The number of hydrogen-bond acceptors (Lipinski definition) is 10. The molecule has 364 valence electrons. The van der Waals surface area contributed by atoms with Gasteiger partial charge in [-0.2, -0.15) is 23.5 Å². The van der Waals surface area contributed by atoms with Crippen LogP contribution in [0.3, 0.4) is 0 Å². The number of carbonyl (C=O) groups excluding carboxylic acids is 4. The smallest absolute Gasteiger partial charge is 0.407 e. The summed E-state index contributed by atoms with van der Waals surface area (Å²) in [5.74, 6) is 3.65. The van der Waals surface area contributed by atoms with E-state index in [1.807, 2.05) is 24.9 Å². The van der Waals surface area contributed by atoms with Crippen molar-refractivity contribution < 1.29 is 28.7 Å². The first kappa shape index (κ1) is 48.1. The van der Waals surface area contributed by atoms with Crippen molar-refractivity contribution in [2.24, 2.45) is 11.8 Å². The highest BCUT2D eigenvalue weighted by molar-refractivity contribution is 7.98. The van der Waals surface area contributed by atoms with Gasteiger partial charge in [0.1, 0.15) is 23.7 Å². The molecule has 12 rings (SSSR count). The molecule has 2 aromatic heterocycles. The Hall–Kier alpha value is -4.96. The van der Waals surface area contributed by atoms with Crippen LogP contribution < -0.4 is 10.6 Å². The van der Waals surface area contributed by atoms with Crippen LogP contribution in [0.25, 0.3) is 22.5 Å². The van der Waals surface area contributed by atoms with Crippen molar-refractivity contribution in [3.8, 4) is 22.5 Å². The number of alkyl carbamates (subject to hydrolysis) is 2. The lowest BCUT2D eigenvalue weighted by Gasteiger charge is -2.36. The molecule has 16 heteroatoms. The van der Waals surface area contributed by atoms with E-state index in [-0.39, 0.29) is 36.0 Å². The standard InChI is InChI=1S/C52H68N8O6S2/c1-65-51(63)57-39(21-23-67-3)49(61)59-43-11-7-5-9-35(43)27-45(59)47-53-29-41(55-47)37-25-34-20-18-32-15-13-31(14-16-32)17-19-33(37)26-38(34)42-30-54-48(56-42)46-28-36-10-6-8-12-44(36)60(46)50(62)40(22-24-68-4)58-52(64)66-2/h13-16,25-26,29-30,35-36,39-40,43-46H,5-12,17-24,27-28H2,1-4H3,(H,53,55)(H,54,56)(H,57,63)(H,58,64). The fraction of sp³-hybridized carbons (Fsp3) is 0.577.